The normalized spacial score (nSPS) is 12.4. The number of nitrogens with one attached hydrogen (secondary N) is 1. The smallest absolute Gasteiger partial charge is 0.277 e. The van der Waals surface area contributed by atoms with Gasteiger partial charge in [0.2, 0.25) is 5.88 Å². The number of ether oxygens (including phenoxy) is 1. The highest BCUT2D eigenvalue weighted by Gasteiger charge is 2.17. The lowest BCUT2D eigenvalue weighted by molar-refractivity contribution is 0.298. The Kier molecular flexibility index (Phi) is 5.66. The van der Waals surface area contributed by atoms with E-state index in [1.54, 1.807) is 6.92 Å². The zero-order chi connectivity index (χ0) is 19.6. The standard InChI is InChI=1S/C17H21N5O4S/c1-4-6-7-26-17-12(8-11(9-18-17)27(24)25)15-20-16(23)14-10(3)19-13(5-2)22(14)21-15/h8-9H,4-7H2,1-3H3,(H,24,25)(H,20,21,23)/p-1. The predicted molar refractivity (Wildman–Crippen MR) is 98.5 cm³/mol. The molecule has 0 bridgehead atoms. The number of hydrogen-bond acceptors (Lipinski definition) is 7. The lowest BCUT2D eigenvalue weighted by Crippen LogP contribution is -2.16. The van der Waals surface area contributed by atoms with Gasteiger partial charge in [-0.2, -0.15) is 0 Å². The lowest BCUT2D eigenvalue weighted by Gasteiger charge is -2.13. The lowest BCUT2D eigenvalue weighted by atomic mass is 10.2. The first-order valence-corrected chi connectivity index (χ1v) is 9.74. The van der Waals surface area contributed by atoms with Crippen molar-refractivity contribution in [2.75, 3.05) is 6.61 Å². The summed E-state index contributed by atoms with van der Waals surface area (Å²) in [5.41, 5.74) is 0.887. The van der Waals surface area contributed by atoms with Gasteiger partial charge in [-0.25, -0.2) is 14.5 Å². The van der Waals surface area contributed by atoms with Crippen LogP contribution >= 0.6 is 0 Å². The Morgan fingerprint density at radius 1 is 1.37 bits per heavy atom. The molecule has 9 nitrogen and oxygen atoms in total. The maximum absolute atomic E-state index is 12.6. The van der Waals surface area contributed by atoms with Crippen LogP contribution in [0.2, 0.25) is 0 Å². The zero-order valence-electron chi connectivity index (χ0n) is 15.3. The molecule has 3 aromatic heterocycles. The first-order valence-electron chi connectivity index (χ1n) is 8.67. The quantitative estimate of drug-likeness (QED) is 0.481. The van der Waals surface area contributed by atoms with Gasteiger partial charge in [0.1, 0.15) is 5.82 Å². The fraction of sp³-hybridized carbons (Fsp3) is 0.412. The molecule has 0 saturated carbocycles. The minimum Gasteiger partial charge on any atom is -0.768 e. The summed E-state index contributed by atoms with van der Waals surface area (Å²) in [6.45, 7) is 6.11. The third-order valence-electron chi connectivity index (χ3n) is 4.07. The van der Waals surface area contributed by atoms with Gasteiger partial charge in [0, 0.05) is 17.5 Å². The Morgan fingerprint density at radius 3 is 2.81 bits per heavy atom. The molecule has 0 aliphatic heterocycles. The number of fused-ring (bicyclic) bond motifs is 1. The Bertz CT molecular complexity index is 1060. The molecule has 3 heterocycles. The number of rotatable bonds is 7. The molecule has 0 radical (unpaired) electrons. The highest BCUT2D eigenvalue weighted by atomic mass is 32.2. The minimum absolute atomic E-state index is 0.0203. The van der Waals surface area contributed by atoms with Gasteiger partial charge in [-0.1, -0.05) is 20.3 Å². The van der Waals surface area contributed by atoms with Crippen LogP contribution in [0.1, 0.15) is 38.2 Å². The SMILES string of the molecule is CCCCOc1ncc(S(=O)[O-])cc1-c1nn2c(CC)nc(C)c2c(=O)[nH]1. The van der Waals surface area contributed by atoms with E-state index < -0.39 is 11.1 Å². The zero-order valence-corrected chi connectivity index (χ0v) is 16.1. The van der Waals surface area contributed by atoms with Crippen molar-refractivity contribution >= 4 is 16.6 Å². The van der Waals surface area contributed by atoms with E-state index in [9.17, 15) is 13.6 Å². The molecule has 0 aliphatic carbocycles. The fourth-order valence-electron chi connectivity index (χ4n) is 2.71. The molecule has 0 spiro atoms. The number of aryl methyl sites for hydroxylation is 2. The summed E-state index contributed by atoms with van der Waals surface area (Å²) in [5, 5.41) is 4.46. The molecule has 0 aliphatic rings. The monoisotopic (exact) mass is 390 g/mol. The second-order valence-corrected chi connectivity index (χ2v) is 6.93. The molecule has 0 saturated heterocycles. The first kappa shape index (κ1) is 19.2. The van der Waals surface area contributed by atoms with Gasteiger partial charge in [0.15, 0.2) is 11.3 Å². The molecule has 1 atom stereocenters. The number of unbranched alkanes of at least 4 members (excludes halogenated alkanes) is 1. The Hall–Kier alpha value is -2.59. The summed E-state index contributed by atoms with van der Waals surface area (Å²) in [6, 6.07) is 1.39. The summed E-state index contributed by atoms with van der Waals surface area (Å²) in [4.78, 5) is 23.7. The maximum atomic E-state index is 12.6. The molecule has 27 heavy (non-hydrogen) atoms. The van der Waals surface area contributed by atoms with Gasteiger partial charge in [-0.05, 0) is 30.5 Å². The molecule has 0 amide bonds. The van der Waals surface area contributed by atoms with Gasteiger partial charge in [-0.3, -0.25) is 9.00 Å². The number of H-pyrrole nitrogens is 1. The van der Waals surface area contributed by atoms with Gasteiger partial charge < -0.3 is 14.3 Å². The Morgan fingerprint density at radius 2 is 2.15 bits per heavy atom. The van der Waals surface area contributed by atoms with E-state index in [1.807, 2.05) is 13.8 Å². The molecule has 144 valence electrons. The number of aromatic amines is 1. The molecular formula is C17H20N5O4S-. The third kappa shape index (κ3) is 3.76. The van der Waals surface area contributed by atoms with Crippen LogP contribution in [0, 0.1) is 6.92 Å². The summed E-state index contributed by atoms with van der Waals surface area (Å²) >= 11 is -2.47. The van der Waals surface area contributed by atoms with Crippen LogP contribution in [0.15, 0.2) is 22.0 Å². The summed E-state index contributed by atoms with van der Waals surface area (Å²) in [5.74, 6) is 1.03. The van der Waals surface area contributed by atoms with Crippen molar-refractivity contribution in [1.29, 1.82) is 0 Å². The highest BCUT2D eigenvalue weighted by molar-refractivity contribution is 7.79. The van der Waals surface area contributed by atoms with E-state index in [4.69, 9.17) is 4.74 Å². The average Bonchev–Trinajstić information content (AvgIpc) is 2.98. The molecule has 0 fully saturated rings. The van der Waals surface area contributed by atoms with Gasteiger partial charge >= 0.3 is 0 Å². The van der Waals surface area contributed by atoms with Crippen molar-refractivity contribution in [2.24, 2.45) is 0 Å². The highest BCUT2D eigenvalue weighted by Crippen LogP contribution is 2.27. The number of pyridine rings is 1. The van der Waals surface area contributed by atoms with Crippen LogP contribution in [0.5, 0.6) is 5.88 Å². The van der Waals surface area contributed by atoms with E-state index >= 15 is 0 Å². The second kappa shape index (κ2) is 7.97. The minimum atomic E-state index is -2.47. The van der Waals surface area contributed by atoms with E-state index in [1.165, 1.54) is 16.8 Å². The third-order valence-corrected chi connectivity index (χ3v) is 4.68. The fourth-order valence-corrected chi connectivity index (χ4v) is 3.06. The Balaban J connectivity index is 2.20. The second-order valence-electron chi connectivity index (χ2n) is 5.99. The van der Waals surface area contributed by atoms with Crippen molar-refractivity contribution < 1.29 is 13.5 Å². The van der Waals surface area contributed by atoms with Crippen LogP contribution in [-0.2, 0) is 17.5 Å². The Labute approximate surface area is 158 Å². The van der Waals surface area contributed by atoms with E-state index in [2.05, 4.69) is 20.1 Å². The molecule has 1 unspecified atom stereocenters. The number of imidazole rings is 1. The van der Waals surface area contributed by atoms with Crippen molar-refractivity contribution in [2.45, 2.75) is 44.9 Å². The topological polar surface area (TPSA) is 125 Å². The molecule has 3 rings (SSSR count). The molecule has 3 aromatic rings. The van der Waals surface area contributed by atoms with Crippen molar-refractivity contribution in [3.05, 3.63) is 34.1 Å². The molecule has 10 heteroatoms. The van der Waals surface area contributed by atoms with Crippen LogP contribution in [0.25, 0.3) is 16.9 Å². The summed E-state index contributed by atoms with van der Waals surface area (Å²) in [6.07, 6.45) is 3.56. The average molecular weight is 390 g/mol. The molecule has 1 N–H and O–H groups in total. The van der Waals surface area contributed by atoms with Crippen LogP contribution in [0.3, 0.4) is 0 Å². The van der Waals surface area contributed by atoms with Gasteiger partial charge in [-0.15, -0.1) is 5.10 Å². The molecule has 0 aromatic carbocycles. The van der Waals surface area contributed by atoms with E-state index in [0.717, 1.165) is 12.8 Å². The number of hydrogen-bond donors (Lipinski definition) is 1. The van der Waals surface area contributed by atoms with Crippen LogP contribution < -0.4 is 10.3 Å². The van der Waals surface area contributed by atoms with Crippen LogP contribution in [-0.4, -0.2) is 39.9 Å². The summed E-state index contributed by atoms with van der Waals surface area (Å²) in [7, 11) is 0. The van der Waals surface area contributed by atoms with Crippen molar-refractivity contribution in [1.82, 2.24) is 24.6 Å². The van der Waals surface area contributed by atoms with Crippen molar-refractivity contribution in [3.8, 4) is 17.3 Å². The number of aromatic nitrogens is 5. The van der Waals surface area contributed by atoms with E-state index in [0.29, 0.717) is 35.6 Å². The molecular weight excluding hydrogens is 370 g/mol. The summed E-state index contributed by atoms with van der Waals surface area (Å²) < 4.78 is 29.9. The van der Waals surface area contributed by atoms with Crippen molar-refractivity contribution in [3.63, 3.8) is 0 Å². The largest absolute Gasteiger partial charge is 0.768 e. The van der Waals surface area contributed by atoms with Gasteiger partial charge in [0.25, 0.3) is 5.56 Å². The predicted octanol–water partition coefficient (Wildman–Crippen LogP) is 1.77. The number of nitrogens with zero attached hydrogens (tertiary/aromatic N) is 4. The van der Waals surface area contributed by atoms with E-state index in [-0.39, 0.29) is 22.2 Å². The van der Waals surface area contributed by atoms with Gasteiger partial charge in [0.05, 0.1) is 17.9 Å². The van der Waals surface area contributed by atoms with Crippen LogP contribution in [0.4, 0.5) is 0 Å². The first-order chi connectivity index (χ1) is 13.0. The maximum Gasteiger partial charge on any atom is 0.277 e.